The number of nitrogens with two attached hydrogens (primary N) is 4. The van der Waals surface area contributed by atoms with Gasteiger partial charge in [0.05, 0.1) is 98.7 Å². The first-order valence-electron chi connectivity index (χ1n) is 45.7. The molecule has 8 heterocycles. The lowest BCUT2D eigenvalue weighted by molar-refractivity contribution is 0.391. The summed E-state index contributed by atoms with van der Waals surface area (Å²) in [5.74, 6) is 1.53. The van der Waals surface area contributed by atoms with Gasteiger partial charge in [0.2, 0.25) is 17.7 Å². The Morgan fingerprint density at radius 3 is 0.938 bits per heavy atom. The molecule has 0 aliphatic rings. The highest BCUT2D eigenvalue weighted by Crippen LogP contribution is 2.38. The Hall–Kier alpha value is -14.5. The van der Waals surface area contributed by atoms with Gasteiger partial charge in [-0.15, -0.1) is 40.8 Å². The maximum atomic E-state index is 14.8. The number of sulfone groups is 4. The molecule has 8 aromatic carbocycles. The average Bonchev–Trinajstić information content (AvgIpc) is 1.61. The lowest BCUT2D eigenvalue weighted by Gasteiger charge is -2.11. The van der Waals surface area contributed by atoms with Crippen molar-refractivity contribution >= 4 is 74.2 Å². The lowest BCUT2D eigenvalue weighted by atomic mass is 10.1. The predicted molar refractivity (Wildman–Crippen MR) is 545 cm³/mol. The third-order valence-corrected chi connectivity index (χ3v) is 31.4. The maximum absolute atomic E-state index is 14.8. The second-order valence-electron chi connectivity index (χ2n) is 34.9. The van der Waals surface area contributed by atoms with E-state index in [1.54, 1.807) is 142 Å². The summed E-state index contributed by atoms with van der Waals surface area (Å²) < 4.78 is 175. The summed E-state index contributed by atoms with van der Waals surface area (Å²) in [4.78, 5) is 35.6. The Kier molecular flexibility index (Phi) is 35.5. The largest absolute Gasteiger partial charge is 0.414 e. The van der Waals surface area contributed by atoms with Crippen LogP contribution < -0.4 is 44.2 Å². The van der Waals surface area contributed by atoms with Gasteiger partial charge in [0.1, 0.15) is 25.8 Å². The molecule has 0 saturated heterocycles. The fourth-order valence-electron chi connectivity index (χ4n) is 13.6. The monoisotopic (exact) mass is 2070 g/mol. The molecule has 0 spiro atoms. The number of rotatable bonds is 36. The molecule has 0 radical (unpaired) electrons. The molecule has 0 saturated carbocycles. The molecule has 36 nitrogen and oxygen atoms in total. The first kappa shape index (κ1) is 108. The topological polar surface area (TPSA) is 548 Å². The molecule has 145 heavy (non-hydrogen) atoms. The van der Waals surface area contributed by atoms with E-state index in [1.165, 1.54) is 61.2 Å². The highest BCUT2D eigenvalue weighted by atomic mass is 35.5. The minimum atomic E-state index is -3.54. The number of anilines is 4. The van der Waals surface area contributed by atoms with Crippen molar-refractivity contribution < 1.29 is 68.9 Å². The second-order valence-corrected chi connectivity index (χ2v) is 45.3. The van der Waals surface area contributed by atoms with Gasteiger partial charge in [-0.1, -0.05) is 110 Å². The molecule has 0 amide bonds. The van der Waals surface area contributed by atoms with E-state index >= 15 is 0 Å². The van der Waals surface area contributed by atoms with Gasteiger partial charge in [-0.3, -0.25) is 0 Å². The van der Waals surface area contributed by atoms with E-state index < -0.39 is 86.2 Å². The quantitative estimate of drug-likeness (QED) is 0.0133. The van der Waals surface area contributed by atoms with Crippen LogP contribution in [-0.4, -0.2) is 181 Å². The van der Waals surface area contributed by atoms with Crippen LogP contribution in [0.5, 0.6) is 0 Å². The zero-order valence-electron chi connectivity index (χ0n) is 80.9. The van der Waals surface area contributed by atoms with Gasteiger partial charge in [-0.05, 0) is 201 Å². The highest BCUT2D eigenvalue weighted by Gasteiger charge is 2.29. The van der Waals surface area contributed by atoms with Gasteiger partial charge in [0.15, 0.2) is 85.4 Å². The molecule has 45 heteroatoms. The van der Waals surface area contributed by atoms with Crippen LogP contribution in [-0.2, 0) is 65.5 Å². The summed E-state index contributed by atoms with van der Waals surface area (Å²) in [6.07, 6.45) is 5.92. The minimum Gasteiger partial charge on any atom is -0.414 e. The first-order valence-corrected chi connectivity index (χ1v) is 52.3. The molecule has 0 aliphatic heterocycles. The van der Waals surface area contributed by atoms with Crippen LogP contribution in [0.15, 0.2) is 244 Å². The normalized spacial score (nSPS) is 12.3. The highest BCUT2D eigenvalue weighted by molar-refractivity contribution is 7.93. The molecule has 2 atom stereocenters. The number of benzene rings is 8. The van der Waals surface area contributed by atoms with E-state index in [9.17, 15) is 51.2 Å². The predicted octanol–water partition coefficient (Wildman–Crippen LogP) is 17.0. The Morgan fingerprint density at radius 1 is 0.331 bits per heavy atom. The number of nitrogen functional groups attached to an aromatic ring is 4. The smallest absolute Gasteiger partial charge is 0.270 e. The van der Waals surface area contributed by atoms with Crippen LogP contribution in [0.2, 0.25) is 5.02 Å². The Morgan fingerprint density at radius 2 is 0.621 bits per heavy atom. The Balaban J connectivity index is 0.000000162. The molecule has 0 aliphatic carbocycles. The summed E-state index contributed by atoms with van der Waals surface area (Å²) >= 11 is 6.30. The number of aromatic nitrogens is 16. The van der Waals surface area contributed by atoms with E-state index in [4.69, 9.17) is 52.2 Å². The molecule has 758 valence electrons. The number of hydrogen-bond acceptors (Lipinski definition) is 36. The van der Waals surface area contributed by atoms with Crippen molar-refractivity contribution in [2.24, 2.45) is 5.92 Å². The summed E-state index contributed by atoms with van der Waals surface area (Å²) in [6, 6.07) is 50.5. The lowest BCUT2D eigenvalue weighted by Crippen LogP contribution is -2.27. The fraction of sp³-hybridized carbons (Fsp3) is 0.280. The van der Waals surface area contributed by atoms with E-state index in [2.05, 4.69) is 116 Å². The van der Waals surface area contributed by atoms with Gasteiger partial charge in [0.25, 0.3) is 29.5 Å². The number of nitrogens with zero attached hydrogens (tertiary/aromatic N) is 16. The van der Waals surface area contributed by atoms with E-state index in [0.717, 1.165) is 35.3 Å². The van der Waals surface area contributed by atoms with Crippen LogP contribution in [0.4, 0.5) is 40.8 Å². The van der Waals surface area contributed by atoms with Crippen LogP contribution in [0.25, 0.3) is 137 Å². The van der Waals surface area contributed by atoms with Gasteiger partial charge in [0, 0.05) is 83.8 Å². The van der Waals surface area contributed by atoms with E-state index in [0.29, 0.717) is 99.7 Å². The van der Waals surface area contributed by atoms with Crippen molar-refractivity contribution in [3.63, 3.8) is 0 Å². The molecule has 2 unspecified atom stereocenters. The average molecular weight is 2080 g/mol. The Bertz CT molecular complexity index is 7650. The van der Waals surface area contributed by atoms with Gasteiger partial charge < -0.3 is 61.9 Å². The minimum absolute atomic E-state index is 0.0295. The Labute approximate surface area is 840 Å². The van der Waals surface area contributed by atoms with Gasteiger partial charge in [-0.2, -0.15) is 0 Å². The van der Waals surface area contributed by atoms with Crippen molar-refractivity contribution in [3.8, 4) is 137 Å². The fourth-order valence-corrected chi connectivity index (χ4v) is 18.3. The van der Waals surface area contributed by atoms with Crippen LogP contribution in [0, 0.1) is 11.7 Å². The standard InChI is InChI=1S/C26H30N6O3S.C25H26F2N6O3S.C25H27FN6O3S.C24H24ClFN6O3S/c1-16(2)13-28-14-18-5-7-20(8-6-18)25-31-32-26(35-25)23-24(27)29-15-22(30-23)19-9-11-21(12-10-19)36(33,34)17(3)4;1-14(2)37(34,35)18-7-5-17(6-8-18)21-13-30-23(28)22(31-21)25-33-32-24(36-25)19-9-4-16(10-20(19)27)12-29-15(3)11-26;1-15(2)36(33,34)20-10-8-18(9-11-20)21-14-29-23(27)22(30-21)25-32-31-24(35-25)19-6-4-17(5-7-19)13-28-16(3)12-26;1-14(2)36(33,34)20-8-7-17(11-18(20)25)19-13-29-22(27)21(30-19)24-32-31-23(35-24)16-5-3-15(4-6-16)12-28-10-9-26/h5-12,15-17,28H,13-14H2,1-4H3,(H2,27,29);4-10,13-15,29H,11-12H2,1-3H3,(H2,28,30);4-11,14-16,28H,12-13H2,1-3H3,(H2,27,29);3-8,11,13-14,28H,9-10,12H2,1-2H3,(H2,27,29). The van der Waals surface area contributed by atoms with E-state index in [-0.39, 0.29) is 130 Å². The van der Waals surface area contributed by atoms with Crippen molar-refractivity contribution in [3.05, 3.63) is 240 Å². The number of alkyl halides is 3. The zero-order chi connectivity index (χ0) is 104. The number of nitrogens with one attached hydrogen (secondary N) is 4. The third kappa shape index (κ3) is 26.8. The van der Waals surface area contributed by atoms with E-state index in [1.807, 2.05) is 72.8 Å². The van der Waals surface area contributed by atoms with Crippen molar-refractivity contribution in [2.75, 3.05) is 56.0 Å². The summed E-state index contributed by atoms with van der Waals surface area (Å²) in [7, 11) is -13.7. The molecule has 0 fully saturated rings. The maximum Gasteiger partial charge on any atom is 0.270 e. The molecule has 16 aromatic rings. The summed E-state index contributed by atoms with van der Waals surface area (Å²) in [6.45, 7) is 22.9. The summed E-state index contributed by atoms with van der Waals surface area (Å²) in [5, 5.41) is 42.9. The molecule has 12 N–H and O–H groups in total. The number of halogens is 5. The van der Waals surface area contributed by atoms with Gasteiger partial charge in [-0.25, -0.2) is 91.1 Å². The van der Waals surface area contributed by atoms with Crippen molar-refractivity contribution in [2.45, 2.75) is 162 Å². The number of hydrogen-bond donors (Lipinski definition) is 8. The van der Waals surface area contributed by atoms with Crippen LogP contribution in [0.3, 0.4) is 0 Å². The SMILES string of the molecule is CC(C)CNCc1ccc(-c2nnc(-c3nc(-c4ccc(S(=O)(=O)C(C)C)cc4)cnc3N)o2)cc1.CC(C)S(=O)(=O)c1ccc(-c2cnc(N)c(-c3nnc(-c4ccc(CNCCF)cc4)o3)n2)cc1Cl.CC(CF)NCc1ccc(-c2nnc(-c3nc(-c4ccc(S(=O)(=O)C(C)C)cc4)cnc3N)o2)c(F)c1.CC(CF)NCc1ccc(-c2nnc(-c3nc(-c4ccc(S(=O)(=O)C(C)C)cc4)cnc3N)o2)cc1. The molecule has 8 aromatic heterocycles. The zero-order valence-corrected chi connectivity index (χ0v) is 84.9. The first-order chi connectivity index (χ1) is 69.1. The molecular formula is C100H107ClF4N24O12S4. The van der Waals surface area contributed by atoms with Crippen molar-refractivity contribution in [1.29, 1.82) is 0 Å². The molecule has 16 rings (SSSR count). The third-order valence-electron chi connectivity index (χ3n) is 22.3. The second kappa shape index (κ2) is 47.8. The van der Waals surface area contributed by atoms with Gasteiger partial charge >= 0.3 is 0 Å². The van der Waals surface area contributed by atoms with Crippen LogP contribution in [0.1, 0.15) is 105 Å². The summed E-state index contributed by atoms with van der Waals surface area (Å²) in [5.41, 5.74) is 35.3. The van der Waals surface area contributed by atoms with Crippen molar-refractivity contribution in [1.82, 2.24) is 102 Å². The van der Waals surface area contributed by atoms with Crippen LogP contribution >= 0.6 is 11.6 Å². The molecular weight excluding hydrogens is 1970 g/mol. The molecule has 0 bridgehead atoms.